The molecule has 82 valence electrons. The average Bonchev–Trinajstić information content (AvgIpc) is 2.50. The van der Waals surface area contributed by atoms with Crippen LogP contribution in [0.2, 0.25) is 0 Å². The van der Waals surface area contributed by atoms with E-state index in [-0.39, 0.29) is 5.25 Å². The number of anilines is 1. The smallest absolute Gasteiger partial charge is 0.153 e. The fourth-order valence-electron chi connectivity index (χ4n) is 1.80. The van der Waals surface area contributed by atoms with Crippen molar-refractivity contribution in [2.45, 2.75) is 24.5 Å². The number of nitrogens with zero attached hydrogens (tertiary/aromatic N) is 2. The third kappa shape index (κ3) is 2.26. The van der Waals surface area contributed by atoms with Crippen molar-refractivity contribution in [1.82, 2.24) is 10.2 Å². The first-order chi connectivity index (χ1) is 7.08. The summed E-state index contributed by atoms with van der Waals surface area (Å²) in [5, 5.41) is 7.29. The highest BCUT2D eigenvalue weighted by atomic mass is 32.2. The number of nitrogens with two attached hydrogens (primary N) is 1. The van der Waals surface area contributed by atoms with Crippen LogP contribution in [0.3, 0.4) is 0 Å². The summed E-state index contributed by atoms with van der Waals surface area (Å²) in [5.41, 5.74) is 6.09. The normalized spacial score (nSPS) is 24.1. The maximum absolute atomic E-state index is 11.6. The Kier molecular flexibility index (Phi) is 2.60. The number of hydrogen-bond donors (Lipinski definition) is 1. The lowest BCUT2D eigenvalue weighted by Gasteiger charge is -2.07. The van der Waals surface area contributed by atoms with E-state index in [1.807, 2.05) is 0 Å². The molecule has 0 aliphatic carbocycles. The van der Waals surface area contributed by atoms with Crippen molar-refractivity contribution in [2.75, 3.05) is 11.5 Å². The lowest BCUT2D eigenvalue weighted by molar-refractivity contribution is 0.587. The topological polar surface area (TPSA) is 85.9 Å². The summed E-state index contributed by atoms with van der Waals surface area (Å²) in [7, 11) is -2.89. The molecule has 2 heterocycles. The molecule has 6 heteroatoms. The van der Waals surface area contributed by atoms with Crippen molar-refractivity contribution in [1.29, 1.82) is 0 Å². The van der Waals surface area contributed by atoms with Crippen molar-refractivity contribution >= 4 is 15.7 Å². The minimum Gasteiger partial charge on any atom is -0.382 e. The van der Waals surface area contributed by atoms with Crippen LogP contribution < -0.4 is 5.73 Å². The van der Waals surface area contributed by atoms with E-state index in [0.29, 0.717) is 23.7 Å². The number of aromatic nitrogens is 2. The first-order valence-electron chi connectivity index (χ1n) is 4.87. The van der Waals surface area contributed by atoms with Crippen molar-refractivity contribution in [3.8, 4) is 0 Å². The summed E-state index contributed by atoms with van der Waals surface area (Å²) in [6, 6.07) is 3.38. The molecule has 1 aromatic heterocycles. The Morgan fingerprint density at radius 3 is 2.73 bits per heavy atom. The van der Waals surface area contributed by atoms with Crippen molar-refractivity contribution in [2.24, 2.45) is 0 Å². The summed E-state index contributed by atoms with van der Waals surface area (Å²) in [4.78, 5) is 0. The van der Waals surface area contributed by atoms with Gasteiger partial charge in [0.1, 0.15) is 5.82 Å². The van der Waals surface area contributed by atoms with Crippen LogP contribution in [0.1, 0.15) is 18.5 Å². The maximum Gasteiger partial charge on any atom is 0.153 e. The molecule has 0 spiro atoms. The zero-order valence-corrected chi connectivity index (χ0v) is 9.07. The van der Waals surface area contributed by atoms with E-state index in [1.165, 1.54) is 0 Å². The predicted octanol–water partition coefficient (Wildman–Crippen LogP) is 0.178. The van der Waals surface area contributed by atoms with E-state index in [1.54, 1.807) is 12.1 Å². The van der Waals surface area contributed by atoms with Gasteiger partial charge in [0.15, 0.2) is 9.84 Å². The molecule has 1 aromatic rings. The van der Waals surface area contributed by atoms with Gasteiger partial charge in [-0.05, 0) is 25.0 Å². The number of hydrogen-bond acceptors (Lipinski definition) is 5. The Bertz CT molecular complexity index is 441. The monoisotopic (exact) mass is 227 g/mol. The second kappa shape index (κ2) is 3.77. The van der Waals surface area contributed by atoms with Gasteiger partial charge in [0.2, 0.25) is 0 Å². The van der Waals surface area contributed by atoms with Gasteiger partial charge in [-0.2, -0.15) is 5.10 Å². The second-order valence-electron chi connectivity index (χ2n) is 3.78. The summed E-state index contributed by atoms with van der Waals surface area (Å²) in [6.45, 7) is 0. The van der Waals surface area contributed by atoms with Gasteiger partial charge in [0.25, 0.3) is 0 Å². The molecule has 2 rings (SSSR count). The highest BCUT2D eigenvalue weighted by Crippen LogP contribution is 2.22. The molecule has 1 aliphatic heterocycles. The number of rotatable bonds is 2. The zero-order valence-electron chi connectivity index (χ0n) is 8.26. The van der Waals surface area contributed by atoms with E-state index in [0.717, 1.165) is 12.8 Å². The Hall–Kier alpha value is -1.17. The van der Waals surface area contributed by atoms with Crippen LogP contribution in [-0.4, -0.2) is 29.6 Å². The Balaban J connectivity index is 2.12. The fourth-order valence-corrected chi connectivity index (χ4v) is 3.65. The Morgan fingerprint density at radius 1 is 1.40 bits per heavy atom. The van der Waals surface area contributed by atoms with Gasteiger partial charge in [0.05, 0.1) is 16.7 Å². The molecule has 1 saturated heterocycles. The van der Waals surface area contributed by atoms with E-state index < -0.39 is 9.84 Å². The molecule has 0 aromatic carbocycles. The van der Waals surface area contributed by atoms with E-state index >= 15 is 0 Å². The van der Waals surface area contributed by atoms with E-state index in [2.05, 4.69) is 10.2 Å². The Morgan fingerprint density at radius 2 is 2.20 bits per heavy atom. The van der Waals surface area contributed by atoms with Gasteiger partial charge >= 0.3 is 0 Å². The van der Waals surface area contributed by atoms with E-state index in [4.69, 9.17) is 5.73 Å². The van der Waals surface area contributed by atoms with Gasteiger partial charge in [0, 0.05) is 6.42 Å². The van der Waals surface area contributed by atoms with Crippen LogP contribution in [0.15, 0.2) is 12.1 Å². The molecule has 0 saturated carbocycles. The van der Waals surface area contributed by atoms with Crippen LogP contribution >= 0.6 is 0 Å². The quantitative estimate of drug-likeness (QED) is 0.778. The molecule has 1 aliphatic rings. The summed E-state index contributed by atoms with van der Waals surface area (Å²) in [6.07, 6.45) is 1.94. The predicted molar refractivity (Wildman–Crippen MR) is 57.0 cm³/mol. The summed E-state index contributed by atoms with van der Waals surface area (Å²) < 4.78 is 23.1. The standard InChI is InChI=1S/C9H13N3O2S/c10-9-4-3-7(11-12-9)6-8-2-1-5-15(8,13)14/h3-4,8H,1-2,5-6H2,(H2,10,12). The van der Waals surface area contributed by atoms with Crippen molar-refractivity contribution in [3.05, 3.63) is 17.8 Å². The molecule has 1 atom stereocenters. The SMILES string of the molecule is Nc1ccc(CC2CCCS2(=O)=O)nn1. The minimum atomic E-state index is -2.89. The molecular weight excluding hydrogens is 214 g/mol. The summed E-state index contributed by atoms with van der Waals surface area (Å²) in [5.74, 6) is 0.660. The largest absolute Gasteiger partial charge is 0.382 e. The average molecular weight is 227 g/mol. The van der Waals surface area contributed by atoms with Gasteiger partial charge in [-0.3, -0.25) is 0 Å². The van der Waals surface area contributed by atoms with Crippen LogP contribution in [0.5, 0.6) is 0 Å². The molecule has 15 heavy (non-hydrogen) atoms. The first kappa shape index (κ1) is 10.4. The van der Waals surface area contributed by atoms with Crippen molar-refractivity contribution < 1.29 is 8.42 Å². The zero-order chi connectivity index (χ0) is 10.9. The maximum atomic E-state index is 11.6. The molecule has 1 unspecified atom stereocenters. The molecule has 2 N–H and O–H groups in total. The molecule has 0 amide bonds. The van der Waals surface area contributed by atoms with Crippen molar-refractivity contribution in [3.63, 3.8) is 0 Å². The van der Waals surface area contributed by atoms with Gasteiger partial charge in [-0.1, -0.05) is 0 Å². The molecule has 5 nitrogen and oxygen atoms in total. The molecule has 0 radical (unpaired) electrons. The van der Waals surface area contributed by atoms with E-state index in [9.17, 15) is 8.42 Å². The minimum absolute atomic E-state index is 0.282. The molecule has 0 bridgehead atoms. The van der Waals surface area contributed by atoms with Crippen LogP contribution in [0, 0.1) is 0 Å². The highest BCUT2D eigenvalue weighted by Gasteiger charge is 2.31. The molecule has 1 fully saturated rings. The first-order valence-corrected chi connectivity index (χ1v) is 6.59. The third-order valence-corrected chi connectivity index (χ3v) is 4.92. The second-order valence-corrected chi connectivity index (χ2v) is 6.19. The summed E-state index contributed by atoms with van der Waals surface area (Å²) >= 11 is 0. The fraction of sp³-hybridized carbons (Fsp3) is 0.556. The van der Waals surface area contributed by atoms with Crippen LogP contribution in [0.25, 0.3) is 0 Å². The van der Waals surface area contributed by atoms with Gasteiger partial charge in [-0.15, -0.1) is 5.10 Å². The number of nitrogen functional groups attached to an aromatic ring is 1. The van der Waals surface area contributed by atoms with Crippen LogP contribution in [-0.2, 0) is 16.3 Å². The van der Waals surface area contributed by atoms with Gasteiger partial charge in [-0.25, -0.2) is 8.42 Å². The lowest BCUT2D eigenvalue weighted by atomic mass is 10.1. The van der Waals surface area contributed by atoms with Crippen LogP contribution in [0.4, 0.5) is 5.82 Å². The van der Waals surface area contributed by atoms with Gasteiger partial charge < -0.3 is 5.73 Å². The Labute approximate surface area is 88.6 Å². The number of sulfone groups is 1. The third-order valence-electron chi connectivity index (χ3n) is 2.64. The lowest BCUT2D eigenvalue weighted by Crippen LogP contribution is -2.19. The highest BCUT2D eigenvalue weighted by molar-refractivity contribution is 7.92. The molecular formula is C9H13N3O2S.